The highest BCUT2D eigenvalue weighted by Gasteiger charge is 2.16. The smallest absolute Gasteiger partial charge is 0.125 e. The quantitative estimate of drug-likeness (QED) is 0.828. The van der Waals surface area contributed by atoms with Gasteiger partial charge < -0.3 is 0 Å². The van der Waals surface area contributed by atoms with E-state index in [1.165, 1.54) is 0 Å². The standard InChI is InChI=1S/C13H13N3S/c1-3-10(7-14)12-9(2)16-13(17-12)11-5-4-6-15-8-11/h4-6,8,10H,3H2,1-2H3. The number of thiazole rings is 1. The van der Waals surface area contributed by atoms with Gasteiger partial charge in [0.05, 0.1) is 17.7 Å². The molecule has 0 amide bonds. The van der Waals surface area contributed by atoms with Crippen LogP contribution in [-0.4, -0.2) is 9.97 Å². The Morgan fingerprint density at radius 3 is 2.94 bits per heavy atom. The van der Waals surface area contributed by atoms with Crippen LogP contribution in [0.15, 0.2) is 24.5 Å². The summed E-state index contributed by atoms with van der Waals surface area (Å²) < 4.78 is 0. The van der Waals surface area contributed by atoms with Gasteiger partial charge in [0.1, 0.15) is 5.01 Å². The van der Waals surface area contributed by atoms with E-state index in [0.717, 1.165) is 27.6 Å². The Morgan fingerprint density at radius 1 is 1.53 bits per heavy atom. The van der Waals surface area contributed by atoms with Crippen molar-refractivity contribution in [3.05, 3.63) is 35.1 Å². The van der Waals surface area contributed by atoms with Crippen LogP contribution < -0.4 is 0 Å². The summed E-state index contributed by atoms with van der Waals surface area (Å²) in [6.07, 6.45) is 4.37. The molecule has 86 valence electrons. The molecule has 2 heterocycles. The second kappa shape index (κ2) is 5.07. The number of aromatic nitrogens is 2. The Hall–Kier alpha value is -1.73. The van der Waals surface area contributed by atoms with Crippen LogP contribution in [-0.2, 0) is 0 Å². The number of hydrogen-bond acceptors (Lipinski definition) is 4. The van der Waals surface area contributed by atoms with Crippen LogP contribution in [0.5, 0.6) is 0 Å². The summed E-state index contributed by atoms with van der Waals surface area (Å²) in [7, 11) is 0. The second-order valence-corrected chi connectivity index (χ2v) is 4.83. The van der Waals surface area contributed by atoms with E-state index in [-0.39, 0.29) is 5.92 Å². The average Bonchev–Trinajstić information content (AvgIpc) is 2.75. The fourth-order valence-electron chi connectivity index (χ4n) is 1.68. The van der Waals surface area contributed by atoms with Gasteiger partial charge in [-0.2, -0.15) is 5.26 Å². The monoisotopic (exact) mass is 243 g/mol. The minimum atomic E-state index is -0.0436. The van der Waals surface area contributed by atoms with Gasteiger partial charge in [-0.25, -0.2) is 4.98 Å². The van der Waals surface area contributed by atoms with Crippen molar-refractivity contribution in [1.82, 2.24) is 9.97 Å². The molecule has 2 aromatic rings. The van der Waals surface area contributed by atoms with Crippen molar-refractivity contribution in [1.29, 1.82) is 5.26 Å². The summed E-state index contributed by atoms with van der Waals surface area (Å²) in [4.78, 5) is 9.69. The third-order valence-electron chi connectivity index (χ3n) is 2.62. The lowest BCUT2D eigenvalue weighted by atomic mass is 10.1. The van der Waals surface area contributed by atoms with Gasteiger partial charge >= 0.3 is 0 Å². The molecule has 0 spiro atoms. The minimum absolute atomic E-state index is 0.0436. The number of nitrogens with zero attached hydrogens (tertiary/aromatic N) is 3. The van der Waals surface area contributed by atoms with Crippen molar-refractivity contribution in [3.8, 4) is 16.6 Å². The topological polar surface area (TPSA) is 49.6 Å². The molecular weight excluding hydrogens is 230 g/mol. The summed E-state index contributed by atoms with van der Waals surface area (Å²) in [5.74, 6) is -0.0436. The maximum atomic E-state index is 9.10. The van der Waals surface area contributed by atoms with E-state index in [0.29, 0.717) is 0 Å². The van der Waals surface area contributed by atoms with E-state index in [2.05, 4.69) is 16.0 Å². The molecule has 2 rings (SSSR count). The van der Waals surface area contributed by atoms with Gasteiger partial charge in [-0.15, -0.1) is 11.3 Å². The van der Waals surface area contributed by atoms with Crippen LogP contribution in [0, 0.1) is 18.3 Å². The number of hydrogen-bond donors (Lipinski definition) is 0. The van der Waals surface area contributed by atoms with E-state index < -0.39 is 0 Å². The van der Waals surface area contributed by atoms with Gasteiger partial charge in [0.25, 0.3) is 0 Å². The molecule has 0 aliphatic heterocycles. The van der Waals surface area contributed by atoms with Gasteiger partial charge in [-0.05, 0) is 25.5 Å². The summed E-state index contributed by atoms with van der Waals surface area (Å²) >= 11 is 1.60. The van der Waals surface area contributed by atoms with E-state index in [4.69, 9.17) is 5.26 Å². The lowest BCUT2D eigenvalue weighted by molar-refractivity contribution is 0.824. The molecule has 0 bridgehead atoms. The Kier molecular flexibility index (Phi) is 3.50. The number of pyridine rings is 1. The highest BCUT2D eigenvalue weighted by molar-refractivity contribution is 7.15. The van der Waals surface area contributed by atoms with E-state index in [9.17, 15) is 0 Å². The first kappa shape index (κ1) is 11.7. The van der Waals surface area contributed by atoms with Gasteiger partial charge in [0.15, 0.2) is 0 Å². The van der Waals surface area contributed by atoms with Crippen LogP contribution >= 0.6 is 11.3 Å². The van der Waals surface area contributed by atoms with Crippen LogP contribution in [0.2, 0.25) is 0 Å². The molecule has 17 heavy (non-hydrogen) atoms. The molecule has 0 aliphatic carbocycles. The van der Waals surface area contributed by atoms with Crippen molar-refractivity contribution in [2.24, 2.45) is 0 Å². The maximum Gasteiger partial charge on any atom is 0.125 e. The minimum Gasteiger partial charge on any atom is -0.264 e. The van der Waals surface area contributed by atoms with Crippen molar-refractivity contribution in [2.45, 2.75) is 26.2 Å². The molecule has 1 atom stereocenters. The first-order valence-corrected chi connectivity index (χ1v) is 6.35. The first-order chi connectivity index (χ1) is 8.26. The Morgan fingerprint density at radius 2 is 2.35 bits per heavy atom. The zero-order valence-corrected chi connectivity index (χ0v) is 10.7. The zero-order chi connectivity index (χ0) is 12.3. The Labute approximate surface area is 105 Å². The van der Waals surface area contributed by atoms with Gasteiger partial charge in [0, 0.05) is 22.8 Å². The fraction of sp³-hybridized carbons (Fsp3) is 0.308. The zero-order valence-electron chi connectivity index (χ0n) is 9.84. The average molecular weight is 243 g/mol. The predicted octanol–water partition coefficient (Wildman–Crippen LogP) is 3.53. The molecule has 2 aromatic heterocycles. The highest BCUT2D eigenvalue weighted by Crippen LogP contribution is 2.33. The SMILES string of the molecule is CCC(C#N)c1sc(-c2cccnc2)nc1C. The van der Waals surface area contributed by atoms with E-state index in [1.54, 1.807) is 23.7 Å². The van der Waals surface area contributed by atoms with Crippen molar-refractivity contribution in [3.63, 3.8) is 0 Å². The molecule has 0 saturated heterocycles. The Bertz CT molecular complexity index is 540. The van der Waals surface area contributed by atoms with Crippen LogP contribution in [0.4, 0.5) is 0 Å². The molecule has 1 unspecified atom stereocenters. The fourth-order valence-corrected chi connectivity index (χ4v) is 2.86. The van der Waals surface area contributed by atoms with Gasteiger partial charge in [0.2, 0.25) is 0 Å². The third kappa shape index (κ3) is 2.34. The molecule has 0 aliphatic rings. The molecule has 4 heteroatoms. The maximum absolute atomic E-state index is 9.10. The van der Waals surface area contributed by atoms with Gasteiger partial charge in [-0.1, -0.05) is 6.92 Å². The first-order valence-electron chi connectivity index (χ1n) is 5.53. The molecule has 0 radical (unpaired) electrons. The molecule has 0 aromatic carbocycles. The summed E-state index contributed by atoms with van der Waals surface area (Å²) in [6.45, 7) is 3.99. The summed E-state index contributed by atoms with van der Waals surface area (Å²) in [5.41, 5.74) is 1.97. The number of aryl methyl sites for hydroxylation is 1. The van der Waals surface area contributed by atoms with Crippen molar-refractivity contribution < 1.29 is 0 Å². The van der Waals surface area contributed by atoms with Crippen molar-refractivity contribution in [2.75, 3.05) is 0 Å². The highest BCUT2D eigenvalue weighted by atomic mass is 32.1. The molecule has 3 nitrogen and oxygen atoms in total. The number of rotatable bonds is 3. The van der Waals surface area contributed by atoms with Crippen LogP contribution in [0.3, 0.4) is 0 Å². The number of nitriles is 1. The van der Waals surface area contributed by atoms with E-state index in [1.807, 2.05) is 26.0 Å². The van der Waals surface area contributed by atoms with E-state index >= 15 is 0 Å². The summed E-state index contributed by atoms with van der Waals surface area (Å²) in [6, 6.07) is 6.21. The lowest BCUT2D eigenvalue weighted by Crippen LogP contribution is -1.92. The largest absolute Gasteiger partial charge is 0.264 e. The summed E-state index contributed by atoms with van der Waals surface area (Å²) in [5, 5.41) is 10.0. The Balaban J connectivity index is 2.41. The van der Waals surface area contributed by atoms with Crippen LogP contribution in [0.25, 0.3) is 10.6 Å². The molecule has 0 fully saturated rings. The second-order valence-electron chi connectivity index (χ2n) is 3.80. The molecule has 0 N–H and O–H groups in total. The third-order valence-corrected chi connectivity index (χ3v) is 3.94. The van der Waals surface area contributed by atoms with Crippen molar-refractivity contribution >= 4 is 11.3 Å². The van der Waals surface area contributed by atoms with Crippen LogP contribution in [0.1, 0.15) is 29.8 Å². The van der Waals surface area contributed by atoms with Gasteiger partial charge in [-0.3, -0.25) is 4.98 Å². The normalized spacial score (nSPS) is 12.1. The predicted molar refractivity (Wildman–Crippen MR) is 68.7 cm³/mol. The molecule has 0 saturated carbocycles. The molecular formula is C13H13N3S. The lowest BCUT2D eigenvalue weighted by Gasteiger charge is -2.01.